The second-order valence-electron chi connectivity index (χ2n) is 4.51. The van der Waals surface area contributed by atoms with Crippen molar-refractivity contribution >= 4 is 48.9 Å². The Morgan fingerprint density at radius 2 is 2.00 bits per heavy atom. The van der Waals surface area contributed by atoms with Crippen molar-refractivity contribution in [3.05, 3.63) is 44.1 Å². The van der Waals surface area contributed by atoms with Crippen LogP contribution in [0.5, 0.6) is 0 Å². The molecule has 1 aromatic carbocycles. The molecule has 0 aliphatic rings. The molecule has 112 valence electrons. The van der Waals surface area contributed by atoms with E-state index in [9.17, 15) is 13.2 Å². The van der Waals surface area contributed by atoms with E-state index in [-0.39, 0.29) is 10.8 Å². The third-order valence-electron chi connectivity index (χ3n) is 3.04. The molecule has 2 rings (SSSR count). The number of carbonyl (C=O) groups excluding carboxylic acids is 1. The minimum Gasteiger partial charge on any atom is -0.321 e. The fourth-order valence-electron chi connectivity index (χ4n) is 1.76. The van der Waals surface area contributed by atoms with Gasteiger partial charge in [0.1, 0.15) is 4.88 Å². The van der Waals surface area contributed by atoms with Gasteiger partial charge in [-0.05, 0) is 64.5 Å². The Morgan fingerprint density at radius 3 is 2.52 bits per heavy atom. The van der Waals surface area contributed by atoms with Crippen molar-refractivity contribution in [1.29, 1.82) is 0 Å². The first-order chi connectivity index (χ1) is 9.70. The lowest BCUT2D eigenvalue weighted by Gasteiger charge is -2.12. The maximum Gasteiger partial charge on any atom is 0.266 e. The number of nitrogens with two attached hydrogens (primary N) is 1. The summed E-state index contributed by atoms with van der Waals surface area (Å²) in [7, 11) is -3.82. The molecule has 3 N–H and O–H groups in total. The zero-order valence-electron chi connectivity index (χ0n) is 11.3. The van der Waals surface area contributed by atoms with Crippen molar-refractivity contribution < 1.29 is 13.2 Å². The van der Waals surface area contributed by atoms with Crippen LogP contribution in [0.15, 0.2) is 32.9 Å². The number of carbonyl (C=O) groups is 1. The Labute approximate surface area is 135 Å². The van der Waals surface area contributed by atoms with Gasteiger partial charge < -0.3 is 5.32 Å². The number of benzene rings is 1. The van der Waals surface area contributed by atoms with E-state index in [1.54, 1.807) is 25.3 Å². The first-order valence-electron chi connectivity index (χ1n) is 5.88. The highest BCUT2D eigenvalue weighted by Crippen LogP contribution is 2.27. The lowest BCUT2D eigenvalue weighted by Crippen LogP contribution is -2.16. The highest BCUT2D eigenvalue weighted by Gasteiger charge is 2.16. The standard InChI is InChI=1S/C13H13BrN2O3S2/c1-7-5-9(21(15,18)19)6-11(8(7)2)16-13(17)12-10(14)3-4-20-12/h3-6H,1-2H3,(H,16,17)(H2,15,18,19). The molecule has 0 saturated heterocycles. The highest BCUT2D eigenvalue weighted by molar-refractivity contribution is 9.10. The average Bonchev–Trinajstić information content (AvgIpc) is 2.79. The number of nitrogens with one attached hydrogen (secondary N) is 1. The Balaban J connectivity index is 2.43. The van der Waals surface area contributed by atoms with Gasteiger partial charge in [0.15, 0.2) is 0 Å². The van der Waals surface area contributed by atoms with Gasteiger partial charge in [0.2, 0.25) is 10.0 Å². The van der Waals surface area contributed by atoms with E-state index < -0.39 is 10.0 Å². The Bertz CT molecular complexity index is 813. The molecule has 0 unspecified atom stereocenters. The Kier molecular flexibility index (Phi) is 4.52. The number of hydrogen-bond donors (Lipinski definition) is 2. The van der Waals surface area contributed by atoms with Crippen LogP contribution in [0.1, 0.15) is 20.8 Å². The first kappa shape index (κ1) is 16.2. The predicted molar refractivity (Wildman–Crippen MR) is 87.3 cm³/mol. The summed E-state index contributed by atoms with van der Waals surface area (Å²) in [5.74, 6) is -0.300. The van der Waals surface area contributed by atoms with Crippen LogP contribution >= 0.6 is 27.3 Å². The molecule has 21 heavy (non-hydrogen) atoms. The van der Waals surface area contributed by atoms with Crippen molar-refractivity contribution in [2.45, 2.75) is 18.7 Å². The van der Waals surface area contributed by atoms with E-state index in [1.807, 2.05) is 0 Å². The molecule has 0 saturated carbocycles. The van der Waals surface area contributed by atoms with Crippen LogP contribution in [0.25, 0.3) is 0 Å². The topological polar surface area (TPSA) is 89.3 Å². The van der Waals surface area contributed by atoms with E-state index in [1.165, 1.54) is 23.5 Å². The molecule has 0 aliphatic carbocycles. The van der Waals surface area contributed by atoms with Crippen LogP contribution < -0.4 is 10.5 Å². The molecule has 0 spiro atoms. The van der Waals surface area contributed by atoms with Gasteiger partial charge in [-0.25, -0.2) is 13.6 Å². The van der Waals surface area contributed by atoms with Crippen molar-refractivity contribution in [2.75, 3.05) is 5.32 Å². The van der Waals surface area contributed by atoms with Gasteiger partial charge in [0, 0.05) is 10.2 Å². The molecule has 1 heterocycles. The number of thiophene rings is 1. The zero-order valence-corrected chi connectivity index (χ0v) is 14.5. The number of anilines is 1. The number of hydrogen-bond acceptors (Lipinski definition) is 4. The number of primary sulfonamides is 1. The fourth-order valence-corrected chi connectivity index (χ4v) is 3.82. The maximum atomic E-state index is 12.2. The third-order valence-corrected chi connectivity index (χ3v) is 5.77. The smallest absolute Gasteiger partial charge is 0.266 e. The minimum absolute atomic E-state index is 0.0221. The SMILES string of the molecule is Cc1cc(S(N)(=O)=O)cc(NC(=O)c2sccc2Br)c1C. The Morgan fingerprint density at radius 1 is 1.33 bits per heavy atom. The first-order valence-corrected chi connectivity index (χ1v) is 9.10. The molecule has 5 nitrogen and oxygen atoms in total. The van der Waals surface area contributed by atoms with Gasteiger partial charge in [-0.15, -0.1) is 11.3 Å². The number of rotatable bonds is 3. The summed E-state index contributed by atoms with van der Waals surface area (Å²) >= 11 is 4.59. The summed E-state index contributed by atoms with van der Waals surface area (Å²) in [6.07, 6.45) is 0. The van der Waals surface area contributed by atoms with Gasteiger partial charge >= 0.3 is 0 Å². The largest absolute Gasteiger partial charge is 0.321 e. The van der Waals surface area contributed by atoms with E-state index in [0.29, 0.717) is 15.0 Å². The molecular weight excluding hydrogens is 376 g/mol. The number of aryl methyl sites for hydroxylation is 1. The van der Waals surface area contributed by atoms with E-state index in [2.05, 4.69) is 21.2 Å². The van der Waals surface area contributed by atoms with Crippen LogP contribution in [-0.4, -0.2) is 14.3 Å². The summed E-state index contributed by atoms with van der Waals surface area (Å²) in [5.41, 5.74) is 1.97. The summed E-state index contributed by atoms with van der Waals surface area (Å²) in [5, 5.41) is 9.67. The Hall–Kier alpha value is -1.22. The second-order valence-corrected chi connectivity index (χ2v) is 7.84. The molecule has 0 aliphatic heterocycles. The highest BCUT2D eigenvalue weighted by atomic mass is 79.9. The van der Waals surface area contributed by atoms with Gasteiger partial charge in [-0.2, -0.15) is 0 Å². The molecule has 8 heteroatoms. The number of halogens is 1. The number of amides is 1. The molecular formula is C13H13BrN2O3S2. The lowest BCUT2D eigenvalue weighted by atomic mass is 10.1. The molecule has 0 atom stereocenters. The van der Waals surface area contributed by atoms with Crippen LogP contribution in [-0.2, 0) is 10.0 Å². The quantitative estimate of drug-likeness (QED) is 0.846. The van der Waals surface area contributed by atoms with Gasteiger partial charge in [-0.3, -0.25) is 4.79 Å². The summed E-state index contributed by atoms with van der Waals surface area (Å²) in [4.78, 5) is 12.7. The summed E-state index contributed by atoms with van der Waals surface area (Å²) in [6.45, 7) is 3.57. The molecule has 0 fully saturated rings. The summed E-state index contributed by atoms with van der Waals surface area (Å²) < 4.78 is 23.6. The summed E-state index contributed by atoms with van der Waals surface area (Å²) in [6, 6.07) is 4.64. The number of sulfonamides is 1. The fraction of sp³-hybridized carbons (Fsp3) is 0.154. The van der Waals surface area contributed by atoms with Gasteiger partial charge in [0.25, 0.3) is 5.91 Å². The normalized spacial score (nSPS) is 11.4. The average molecular weight is 389 g/mol. The van der Waals surface area contributed by atoms with E-state index in [4.69, 9.17) is 5.14 Å². The molecule has 0 bridgehead atoms. The van der Waals surface area contributed by atoms with Gasteiger partial charge in [0.05, 0.1) is 4.90 Å². The van der Waals surface area contributed by atoms with Crippen molar-refractivity contribution in [3.8, 4) is 0 Å². The van der Waals surface area contributed by atoms with Crippen molar-refractivity contribution in [3.63, 3.8) is 0 Å². The molecule has 1 aromatic heterocycles. The second kappa shape index (κ2) is 5.88. The monoisotopic (exact) mass is 388 g/mol. The van der Waals surface area contributed by atoms with Crippen LogP contribution in [0, 0.1) is 13.8 Å². The zero-order chi connectivity index (χ0) is 15.8. The van der Waals surface area contributed by atoms with E-state index in [0.717, 1.165) is 11.1 Å². The van der Waals surface area contributed by atoms with Crippen molar-refractivity contribution in [1.82, 2.24) is 0 Å². The van der Waals surface area contributed by atoms with Crippen molar-refractivity contribution in [2.24, 2.45) is 5.14 Å². The van der Waals surface area contributed by atoms with Crippen LogP contribution in [0.2, 0.25) is 0 Å². The minimum atomic E-state index is -3.82. The molecule has 1 amide bonds. The van der Waals surface area contributed by atoms with Gasteiger partial charge in [-0.1, -0.05) is 0 Å². The third kappa shape index (κ3) is 3.52. The molecule has 0 radical (unpaired) electrons. The lowest BCUT2D eigenvalue weighted by molar-refractivity contribution is 0.103. The predicted octanol–water partition coefficient (Wildman–Crippen LogP) is 3.03. The van der Waals surface area contributed by atoms with E-state index >= 15 is 0 Å². The molecule has 2 aromatic rings. The van der Waals surface area contributed by atoms with Crippen LogP contribution in [0.4, 0.5) is 5.69 Å². The maximum absolute atomic E-state index is 12.2. The van der Waals surface area contributed by atoms with Crippen LogP contribution in [0.3, 0.4) is 0 Å².